The summed E-state index contributed by atoms with van der Waals surface area (Å²) in [5.41, 5.74) is -0.203. The van der Waals surface area contributed by atoms with Crippen molar-refractivity contribution in [2.75, 3.05) is 20.1 Å². The van der Waals surface area contributed by atoms with Gasteiger partial charge in [-0.05, 0) is 25.3 Å². The number of aryl methyl sites for hydroxylation is 1. The van der Waals surface area contributed by atoms with Gasteiger partial charge in [-0.1, -0.05) is 18.0 Å². The average Bonchev–Trinajstić information content (AvgIpc) is 3.04. The number of amides is 1. The number of nitrogens with zero attached hydrogens (tertiary/aromatic N) is 3. The molecule has 1 amide bonds. The minimum atomic E-state index is -0.203. The molecule has 2 heterocycles. The Hall–Kier alpha value is -1.14. The molecule has 0 bridgehead atoms. The second kappa shape index (κ2) is 6.32. The van der Waals surface area contributed by atoms with Crippen molar-refractivity contribution in [3.8, 4) is 0 Å². The molecule has 0 radical (unpaired) electrons. The Bertz CT molecular complexity index is 507. The Labute approximate surface area is 131 Å². The van der Waals surface area contributed by atoms with Gasteiger partial charge in [0, 0.05) is 20.5 Å². The van der Waals surface area contributed by atoms with Crippen molar-refractivity contribution in [3.05, 3.63) is 11.7 Å². The van der Waals surface area contributed by atoms with Crippen LogP contribution in [0.25, 0.3) is 0 Å². The van der Waals surface area contributed by atoms with Gasteiger partial charge in [0.1, 0.15) is 0 Å². The van der Waals surface area contributed by atoms with Crippen molar-refractivity contribution in [2.24, 2.45) is 11.3 Å². The van der Waals surface area contributed by atoms with E-state index in [1.165, 1.54) is 6.42 Å². The van der Waals surface area contributed by atoms with Gasteiger partial charge in [0.25, 0.3) is 0 Å². The van der Waals surface area contributed by atoms with E-state index < -0.39 is 0 Å². The standard InChI is InChI=1S/C14H22N4O2.ClH/c1-10-16-12(17-20-10)8-18(2)13(19)14-6-4-3-5-11(14)7-15-9-14;/h11,15H,3-9H2,1-2H3;1H/t11-,14+;/m0./s1. The largest absolute Gasteiger partial charge is 0.340 e. The van der Waals surface area contributed by atoms with Crippen LogP contribution >= 0.6 is 12.4 Å². The topological polar surface area (TPSA) is 71.3 Å². The number of carbonyl (C=O) groups is 1. The van der Waals surface area contributed by atoms with E-state index in [9.17, 15) is 4.79 Å². The van der Waals surface area contributed by atoms with Crippen LogP contribution in [0.2, 0.25) is 0 Å². The Kier molecular flexibility index (Phi) is 4.88. The molecule has 1 aromatic heterocycles. The molecule has 2 atom stereocenters. The number of hydrogen-bond acceptors (Lipinski definition) is 5. The zero-order valence-corrected chi connectivity index (χ0v) is 13.4. The summed E-state index contributed by atoms with van der Waals surface area (Å²) in [6.07, 6.45) is 4.56. The van der Waals surface area contributed by atoms with Crippen LogP contribution in [0.1, 0.15) is 37.4 Å². The number of halogens is 1. The Morgan fingerprint density at radius 2 is 2.33 bits per heavy atom. The fourth-order valence-electron chi connectivity index (χ4n) is 3.74. The first-order valence-corrected chi connectivity index (χ1v) is 7.37. The lowest BCUT2D eigenvalue weighted by molar-refractivity contribution is -0.144. The highest BCUT2D eigenvalue weighted by Crippen LogP contribution is 2.44. The molecule has 1 aromatic rings. The molecule has 2 aliphatic rings. The summed E-state index contributed by atoms with van der Waals surface area (Å²) in [4.78, 5) is 18.8. The zero-order valence-electron chi connectivity index (χ0n) is 12.6. The van der Waals surface area contributed by atoms with E-state index in [1.807, 2.05) is 7.05 Å². The van der Waals surface area contributed by atoms with Crippen molar-refractivity contribution >= 4 is 18.3 Å². The maximum absolute atomic E-state index is 12.9. The monoisotopic (exact) mass is 314 g/mol. The van der Waals surface area contributed by atoms with E-state index in [-0.39, 0.29) is 23.7 Å². The van der Waals surface area contributed by atoms with Gasteiger partial charge in [-0.15, -0.1) is 12.4 Å². The van der Waals surface area contributed by atoms with Gasteiger partial charge in [-0.3, -0.25) is 4.79 Å². The van der Waals surface area contributed by atoms with E-state index in [1.54, 1.807) is 11.8 Å². The van der Waals surface area contributed by atoms with E-state index in [2.05, 4.69) is 15.5 Å². The Balaban J connectivity index is 0.00000161. The molecule has 1 aliphatic heterocycles. The molecule has 2 fully saturated rings. The molecule has 118 valence electrons. The van der Waals surface area contributed by atoms with Crippen molar-refractivity contribution in [3.63, 3.8) is 0 Å². The summed E-state index contributed by atoms with van der Waals surface area (Å²) in [6, 6.07) is 0. The highest BCUT2D eigenvalue weighted by molar-refractivity contribution is 5.85. The van der Waals surface area contributed by atoms with Crippen molar-refractivity contribution < 1.29 is 9.32 Å². The first kappa shape index (κ1) is 16.2. The van der Waals surface area contributed by atoms with Crippen LogP contribution in [-0.2, 0) is 11.3 Å². The van der Waals surface area contributed by atoms with Gasteiger partial charge >= 0.3 is 0 Å². The lowest BCUT2D eigenvalue weighted by Crippen LogP contribution is -2.48. The summed E-state index contributed by atoms with van der Waals surface area (Å²) in [5.74, 6) is 1.83. The first-order valence-electron chi connectivity index (χ1n) is 7.37. The molecule has 0 unspecified atom stereocenters. The molecule has 1 saturated heterocycles. The van der Waals surface area contributed by atoms with Gasteiger partial charge in [-0.25, -0.2) is 0 Å². The summed E-state index contributed by atoms with van der Waals surface area (Å²) < 4.78 is 4.96. The molecule has 1 saturated carbocycles. The molecule has 21 heavy (non-hydrogen) atoms. The summed E-state index contributed by atoms with van der Waals surface area (Å²) in [5, 5.41) is 7.28. The second-order valence-corrected chi connectivity index (χ2v) is 6.12. The molecule has 3 rings (SSSR count). The van der Waals surface area contributed by atoms with Crippen molar-refractivity contribution in [1.82, 2.24) is 20.4 Å². The summed E-state index contributed by atoms with van der Waals surface area (Å²) in [6.45, 7) is 3.96. The van der Waals surface area contributed by atoms with E-state index in [0.29, 0.717) is 24.2 Å². The van der Waals surface area contributed by atoms with Gasteiger partial charge in [0.2, 0.25) is 11.8 Å². The van der Waals surface area contributed by atoms with Gasteiger partial charge in [-0.2, -0.15) is 4.98 Å². The third-order valence-electron chi connectivity index (χ3n) is 4.76. The molecule has 1 aliphatic carbocycles. The van der Waals surface area contributed by atoms with Crippen LogP contribution in [-0.4, -0.2) is 41.1 Å². The third kappa shape index (κ3) is 2.92. The predicted octanol–water partition coefficient (Wildman–Crippen LogP) is 1.54. The number of fused-ring (bicyclic) bond motifs is 1. The van der Waals surface area contributed by atoms with Crippen molar-refractivity contribution in [2.45, 2.75) is 39.2 Å². The summed E-state index contributed by atoms with van der Waals surface area (Å²) >= 11 is 0. The number of hydrogen-bond donors (Lipinski definition) is 1. The lowest BCUT2D eigenvalue weighted by atomic mass is 9.67. The first-order chi connectivity index (χ1) is 9.62. The molecule has 6 nitrogen and oxygen atoms in total. The van der Waals surface area contributed by atoms with Crippen LogP contribution in [0, 0.1) is 18.3 Å². The predicted molar refractivity (Wildman–Crippen MR) is 80.0 cm³/mol. The van der Waals surface area contributed by atoms with Crippen LogP contribution in [0.4, 0.5) is 0 Å². The van der Waals surface area contributed by atoms with Gasteiger partial charge < -0.3 is 14.7 Å². The maximum atomic E-state index is 12.9. The number of aromatic nitrogens is 2. The Morgan fingerprint density at radius 1 is 1.52 bits per heavy atom. The Morgan fingerprint density at radius 3 is 3.05 bits per heavy atom. The number of carbonyl (C=O) groups excluding carboxylic acids is 1. The molecule has 0 aromatic carbocycles. The smallest absolute Gasteiger partial charge is 0.230 e. The fourth-order valence-corrected chi connectivity index (χ4v) is 3.74. The van der Waals surface area contributed by atoms with Gasteiger partial charge in [0.15, 0.2) is 5.82 Å². The second-order valence-electron chi connectivity index (χ2n) is 6.12. The van der Waals surface area contributed by atoms with Crippen LogP contribution in [0.5, 0.6) is 0 Å². The minimum Gasteiger partial charge on any atom is -0.340 e. The van der Waals surface area contributed by atoms with E-state index in [0.717, 1.165) is 32.4 Å². The van der Waals surface area contributed by atoms with Crippen LogP contribution in [0.15, 0.2) is 4.52 Å². The van der Waals surface area contributed by atoms with Crippen LogP contribution < -0.4 is 5.32 Å². The van der Waals surface area contributed by atoms with Gasteiger partial charge in [0.05, 0.1) is 12.0 Å². The van der Waals surface area contributed by atoms with E-state index in [4.69, 9.17) is 4.52 Å². The number of rotatable bonds is 3. The normalized spacial score (nSPS) is 27.8. The highest BCUT2D eigenvalue weighted by atomic mass is 35.5. The van der Waals surface area contributed by atoms with Crippen molar-refractivity contribution in [1.29, 1.82) is 0 Å². The third-order valence-corrected chi connectivity index (χ3v) is 4.76. The molecule has 7 heteroatoms. The highest BCUT2D eigenvalue weighted by Gasteiger charge is 2.50. The van der Waals surface area contributed by atoms with Crippen LogP contribution in [0.3, 0.4) is 0 Å². The SMILES string of the molecule is Cc1nc(CN(C)C(=O)[C@@]23CCCC[C@H]2CNC3)no1.Cl. The average molecular weight is 315 g/mol. The molecule has 1 N–H and O–H groups in total. The lowest BCUT2D eigenvalue weighted by Gasteiger charge is -2.39. The molecular weight excluding hydrogens is 292 g/mol. The number of nitrogens with one attached hydrogen (secondary N) is 1. The quantitative estimate of drug-likeness (QED) is 0.916. The van der Waals surface area contributed by atoms with E-state index >= 15 is 0 Å². The zero-order chi connectivity index (χ0) is 14.2. The minimum absolute atomic E-state index is 0. The summed E-state index contributed by atoms with van der Waals surface area (Å²) in [7, 11) is 1.84. The molecule has 0 spiro atoms. The maximum Gasteiger partial charge on any atom is 0.230 e. The molecular formula is C14H23ClN4O2. The fraction of sp³-hybridized carbons (Fsp3) is 0.786.